The lowest BCUT2D eigenvalue weighted by molar-refractivity contribution is -0.136. The van der Waals surface area contributed by atoms with E-state index >= 15 is 0 Å². The Balaban J connectivity index is 2.02. The molecule has 5 nitrogen and oxygen atoms in total. The first kappa shape index (κ1) is 10.4. The molecule has 1 aliphatic rings. The summed E-state index contributed by atoms with van der Waals surface area (Å²) in [5.74, 6) is -0.851. The van der Waals surface area contributed by atoms with E-state index in [1.54, 1.807) is 0 Å². The summed E-state index contributed by atoms with van der Waals surface area (Å²) in [7, 11) is 0. The van der Waals surface area contributed by atoms with E-state index < -0.39 is 5.97 Å². The van der Waals surface area contributed by atoms with Crippen LogP contribution in [0, 0.1) is 0 Å². The van der Waals surface area contributed by atoms with Crippen LogP contribution in [-0.4, -0.2) is 34.4 Å². The normalized spacial score (nSPS) is 16.7. The highest BCUT2D eigenvalue weighted by molar-refractivity contribution is 7.15. The van der Waals surface area contributed by atoms with Crippen LogP contribution < -0.4 is 4.90 Å². The molecular weight excluding hydrogens is 214 g/mol. The molecule has 1 aromatic heterocycles. The average Bonchev–Trinajstić information content (AvgIpc) is 2.67. The quantitative estimate of drug-likeness (QED) is 0.839. The van der Waals surface area contributed by atoms with Gasteiger partial charge in [0.15, 0.2) is 0 Å². The molecule has 2 rings (SSSR count). The molecule has 6 heteroatoms. The van der Waals surface area contributed by atoms with Gasteiger partial charge in [0.2, 0.25) is 5.13 Å². The van der Waals surface area contributed by atoms with E-state index in [0.29, 0.717) is 5.01 Å². The van der Waals surface area contributed by atoms with Gasteiger partial charge in [-0.2, -0.15) is 0 Å². The Bertz CT molecular complexity index is 347. The van der Waals surface area contributed by atoms with Crippen LogP contribution in [0.5, 0.6) is 0 Å². The van der Waals surface area contributed by atoms with Gasteiger partial charge in [-0.3, -0.25) is 4.79 Å². The van der Waals surface area contributed by atoms with E-state index in [1.807, 2.05) is 0 Å². The molecule has 0 radical (unpaired) electrons. The largest absolute Gasteiger partial charge is 0.481 e. The molecule has 1 aliphatic heterocycles. The van der Waals surface area contributed by atoms with Crippen molar-refractivity contribution in [3.05, 3.63) is 5.01 Å². The van der Waals surface area contributed by atoms with Gasteiger partial charge in [0.25, 0.3) is 0 Å². The maximum Gasteiger partial charge on any atom is 0.310 e. The van der Waals surface area contributed by atoms with Gasteiger partial charge < -0.3 is 10.0 Å². The maximum absolute atomic E-state index is 10.5. The number of carboxylic acids is 1. The Labute approximate surface area is 91.7 Å². The van der Waals surface area contributed by atoms with Gasteiger partial charge in [-0.1, -0.05) is 11.3 Å². The molecule has 0 atom stereocenters. The van der Waals surface area contributed by atoms with Crippen molar-refractivity contribution in [2.24, 2.45) is 0 Å². The predicted molar refractivity (Wildman–Crippen MR) is 57.3 cm³/mol. The van der Waals surface area contributed by atoms with Gasteiger partial charge >= 0.3 is 5.97 Å². The molecule has 0 aromatic carbocycles. The zero-order chi connectivity index (χ0) is 10.7. The lowest BCUT2D eigenvalue weighted by Gasteiger charge is -2.25. The van der Waals surface area contributed by atoms with E-state index in [4.69, 9.17) is 5.11 Å². The second kappa shape index (κ2) is 4.57. The van der Waals surface area contributed by atoms with Gasteiger partial charge in [-0.25, -0.2) is 0 Å². The zero-order valence-corrected chi connectivity index (χ0v) is 9.16. The Morgan fingerprint density at radius 2 is 2.07 bits per heavy atom. The molecule has 0 bridgehead atoms. The van der Waals surface area contributed by atoms with Crippen LogP contribution in [0.1, 0.15) is 24.3 Å². The van der Waals surface area contributed by atoms with Crippen LogP contribution in [0.3, 0.4) is 0 Å². The van der Waals surface area contributed by atoms with Crippen molar-refractivity contribution < 1.29 is 9.90 Å². The first-order valence-electron chi connectivity index (χ1n) is 5.05. The van der Waals surface area contributed by atoms with Gasteiger partial charge in [-0.15, -0.1) is 10.2 Å². The summed E-state index contributed by atoms with van der Waals surface area (Å²) >= 11 is 1.39. The summed E-state index contributed by atoms with van der Waals surface area (Å²) in [6.45, 7) is 2.03. The predicted octanol–water partition coefficient (Wildman–Crippen LogP) is 1.16. The highest BCUT2D eigenvalue weighted by Crippen LogP contribution is 2.23. The van der Waals surface area contributed by atoms with Crippen molar-refractivity contribution in [3.63, 3.8) is 0 Å². The minimum absolute atomic E-state index is 0.0223. The van der Waals surface area contributed by atoms with Crippen molar-refractivity contribution >= 4 is 22.4 Å². The van der Waals surface area contributed by atoms with Crippen LogP contribution in [0.2, 0.25) is 0 Å². The van der Waals surface area contributed by atoms with E-state index in [0.717, 1.165) is 18.2 Å². The minimum Gasteiger partial charge on any atom is -0.481 e. The molecule has 1 fully saturated rings. The van der Waals surface area contributed by atoms with Crippen LogP contribution in [0.25, 0.3) is 0 Å². The lowest BCUT2D eigenvalue weighted by atomic mass is 10.1. The van der Waals surface area contributed by atoms with Crippen LogP contribution >= 0.6 is 11.3 Å². The monoisotopic (exact) mass is 227 g/mol. The number of hydrogen-bond acceptors (Lipinski definition) is 5. The van der Waals surface area contributed by atoms with Gasteiger partial charge in [0.05, 0.1) is 6.42 Å². The number of anilines is 1. The Hall–Kier alpha value is -1.17. The molecule has 0 saturated carbocycles. The summed E-state index contributed by atoms with van der Waals surface area (Å²) < 4.78 is 0. The molecule has 0 aliphatic carbocycles. The number of piperidine rings is 1. The number of aromatic nitrogens is 2. The molecular formula is C9H13N3O2S. The van der Waals surface area contributed by atoms with Crippen LogP contribution in [-0.2, 0) is 11.2 Å². The third kappa shape index (κ3) is 2.65. The molecule has 0 amide bonds. The topological polar surface area (TPSA) is 66.3 Å². The van der Waals surface area contributed by atoms with E-state index in [-0.39, 0.29) is 6.42 Å². The summed E-state index contributed by atoms with van der Waals surface area (Å²) in [4.78, 5) is 12.7. The van der Waals surface area contributed by atoms with E-state index in [1.165, 1.54) is 30.6 Å². The summed E-state index contributed by atoms with van der Waals surface area (Å²) in [5.41, 5.74) is 0. The first-order chi connectivity index (χ1) is 7.25. The number of aliphatic carboxylic acids is 1. The fraction of sp³-hybridized carbons (Fsp3) is 0.667. The molecule has 1 N–H and O–H groups in total. The van der Waals surface area contributed by atoms with E-state index in [9.17, 15) is 4.79 Å². The van der Waals surface area contributed by atoms with Crippen LogP contribution in [0.15, 0.2) is 0 Å². The summed E-state index contributed by atoms with van der Waals surface area (Å²) in [6, 6.07) is 0. The molecule has 82 valence electrons. The first-order valence-corrected chi connectivity index (χ1v) is 5.86. The summed E-state index contributed by atoms with van der Waals surface area (Å²) in [5, 5.41) is 18.0. The van der Waals surface area contributed by atoms with Crippen molar-refractivity contribution in [1.82, 2.24) is 10.2 Å². The second-order valence-corrected chi connectivity index (χ2v) is 4.64. The molecule has 1 saturated heterocycles. The number of hydrogen-bond donors (Lipinski definition) is 1. The van der Waals surface area contributed by atoms with Crippen molar-refractivity contribution in [2.75, 3.05) is 18.0 Å². The maximum atomic E-state index is 10.5. The van der Waals surface area contributed by atoms with Gasteiger partial charge in [-0.05, 0) is 19.3 Å². The van der Waals surface area contributed by atoms with Gasteiger partial charge in [0, 0.05) is 13.1 Å². The fourth-order valence-corrected chi connectivity index (χ4v) is 2.54. The summed E-state index contributed by atoms with van der Waals surface area (Å²) in [6.07, 6.45) is 3.63. The van der Waals surface area contributed by atoms with E-state index in [2.05, 4.69) is 15.1 Å². The smallest absolute Gasteiger partial charge is 0.310 e. The zero-order valence-electron chi connectivity index (χ0n) is 8.35. The lowest BCUT2D eigenvalue weighted by Crippen LogP contribution is -2.29. The van der Waals surface area contributed by atoms with Crippen molar-refractivity contribution in [3.8, 4) is 0 Å². The highest BCUT2D eigenvalue weighted by atomic mass is 32.1. The molecule has 0 spiro atoms. The third-order valence-electron chi connectivity index (χ3n) is 2.39. The SMILES string of the molecule is O=C(O)Cc1nnc(N2CCCCC2)s1. The Morgan fingerprint density at radius 1 is 1.33 bits per heavy atom. The molecule has 2 heterocycles. The van der Waals surface area contributed by atoms with Crippen molar-refractivity contribution in [2.45, 2.75) is 25.7 Å². The molecule has 1 aromatic rings. The number of rotatable bonds is 3. The van der Waals surface area contributed by atoms with Crippen LogP contribution in [0.4, 0.5) is 5.13 Å². The average molecular weight is 227 g/mol. The third-order valence-corrected chi connectivity index (χ3v) is 3.37. The second-order valence-electron chi connectivity index (χ2n) is 3.60. The number of carboxylic acid groups (broad SMARTS) is 1. The fourth-order valence-electron chi connectivity index (χ4n) is 1.66. The Morgan fingerprint density at radius 3 is 2.73 bits per heavy atom. The minimum atomic E-state index is -0.851. The van der Waals surface area contributed by atoms with Crippen molar-refractivity contribution in [1.29, 1.82) is 0 Å². The number of nitrogens with zero attached hydrogens (tertiary/aromatic N) is 3. The standard InChI is InChI=1S/C9H13N3O2S/c13-8(14)6-7-10-11-9(15-7)12-4-2-1-3-5-12/h1-6H2,(H,13,14). The van der Waals surface area contributed by atoms with Gasteiger partial charge in [0.1, 0.15) is 5.01 Å². The Kier molecular flexibility index (Phi) is 3.15. The molecule has 15 heavy (non-hydrogen) atoms. The highest BCUT2D eigenvalue weighted by Gasteiger charge is 2.16. The molecule has 0 unspecified atom stereocenters. The number of carbonyl (C=O) groups is 1.